The zero-order valence-electron chi connectivity index (χ0n) is 12.7. The Labute approximate surface area is 134 Å². The quantitative estimate of drug-likeness (QED) is 0.840. The number of carbonyl (C=O) groups excluding carboxylic acids is 1. The molecule has 116 valence electrons. The summed E-state index contributed by atoms with van der Waals surface area (Å²) in [6, 6.07) is 5.83. The van der Waals surface area contributed by atoms with Gasteiger partial charge in [0.1, 0.15) is 11.8 Å². The minimum Gasteiger partial charge on any atom is -0.493 e. The van der Waals surface area contributed by atoms with E-state index < -0.39 is 0 Å². The van der Waals surface area contributed by atoms with Crippen LogP contribution in [0.1, 0.15) is 38.3 Å². The Morgan fingerprint density at radius 2 is 2.24 bits per heavy atom. The van der Waals surface area contributed by atoms with Crippen molar-refractivity contribution in [1.29, 1.82) is 0 Å². The van der Waals surface area contributed by atoms with E-state index in [1.165, 1.54) is 7.11 Å². The van der Waals surface area contributed by atoms with Crippen molar-refractivity contribution in [3.63, 3.8) is 0 Å². The molecular weight excluding hydrogens is 334 g/mol. The summed E-state index contributed by atoms with van der Waals surface area (Å²) in [5, 5.41) is 3.45. The van der Waals surface area contributed by atoms with Gasteiger partial charge in [-0.1, -0.05) is 35.8 Å². The van der Waals surface area contributed by atoms with Crippen molar-refractivity contribution >= 4 is 21.9 Å². The third-order valence-corrected chi connectivity index (χ3v) is 4.24. The van der Waals surface area contributed by atoms with Gasteiger partial charge in [-0.25, -0.2) is 0 Å². The summed E-state index contributed by atoms with van der Waals surface area (Å²) < 4.78 is 11.7. The van der Waals surface area contributed by atoms with Crippen LogP contribution in [0.25, 0.3) is 0 Å². The maximum Gasteiger partial charge on any atom is 0.323 e. The van der Waals surface area contributed by atoms with Crippen LogP contribution in [-0.2, 0) is 9.53 Å². The maximum absolute atomic E-state index is 12.0. The zero-order chi connectivity index (χ0) is 15.4. The Balaban J connectivity index is 2.25. The molecule has 0 saturated carbocycles. The number of rotatable bonds is 4. The number of carbonyl (C=O) groups is 1. The van der Waals surface area contributed by atoms with Gasteiger partial charge in [0.2, 0.25) is 0 Å². The molecule has 1 N–H and O–H groups in total. The molecule has 1 heterocycles. The molecule has 0 aliphatic carbocycles. The van der Waals surface area contributed by atoms with Gasteiger partial charge < -0.3 is 9.47 Å². The summed E-state index contributed by atoms with van der Waals surface area (Å²) in [7, 11) is 1.43. The standard InChI is InChI=1S/C16H22BrNO3/c1-10(2)15(16(19)20-3)18-13-5-4-8-21-14-9-11(17)6-7-12(13)14/h6-7,9-10,13,15,18H,4-5,8H2,1-3H3/t13?,15-/m0/s1. The molecule has 21 heavy (non-hydrogen) atoms. The Kier molecular flexibility index (Phi) is 5.65. The first-order chi connectivity index (χ1) is 10.0. The summed E-state index contributed by atoms with van der Waals surface area (Å²) in [5.41, 5.74) is 1.10. The average molecular weight is 356 g/mol. The topological polar surface area (TPSA) is 47.6 Å². The lowest BCUT2D eigenvalue weighted by Gasteiger charge is -2.26. The van der Waals surface area contributed by atoms with Gasteiger partial charge in [0.25, 0.3) is 0 Å². The first kappa shape index (κ1) is 16.3. The molecule has 5 heteroatoms. The van der Waals surface area contributed by atoms with Gasteiger partial charge in [-0.3, -0.25) is 10.1 Å². The van der Waals surface area contributed by atoms with E-state index in [9.17, 15) is 4.79 Å². The van der Waals surface area contributed by atoms with Gasteiger partial charge in [0, 0.05) is 16.1 Å². The van der Waals surface area contributed by atoms with Crippen LogP contribution < -0.4 is 10.1 Å². The largest absolute Gasteiger partial charge is 0.493 e. The predicted molar refractivity (Wildman–Crippen MR) is 85.4 cm³/mol. The van der Waals surface area contributed by atoms with E-state index in [4.69, 9.17) is 9.47 Å². The summed E-state index contributed by atoms with van der Waals surface area (Å²) in [6.07, 6.45) is 1.89. The molecule has 0 bridgehead atoms. The highest BCUT2D eigenvalue weighted by Gasteiger charge is 2.28. The Bertz CT molecular complexity index is 504. The molecule has 1 aliphatic rings. The van der Waals surface area contributed by atoms with Crippen molar-refractivity contribution < 1.29 is 14.3 Å². The van der Waals surface area contributed by atoms with E-state index in [-0.39, 0.29) is 24.0 Å². The molecule has 1 unspecified atom stereocenters. The molecule has 4 nitrogen and oxygen atoms in total. The van der Waals surface area contributed by atoms with Crippen LogP contribution in [0.15, 0.2) is 22.7 Å². The lowest BCUT2D eigenvalue weighted by atomic mass is 9.97. The van der Waals surface area contributed by atoms with E-state index in [0.29, 0.717) is 6.61 Å². The second-order valence-electron chi connectivity index (χ2n) is 5.64. The number of hydrogen-bond acceptors (Lipinski definition) is 4. The van der Waals surface area contributed by atoms with Crippen LogP contribution in [0.2, 0.25) is 0 Å². The molecule has 0 fully saturated rings. The van der Waals surface area contributed by atoms with E-state index in [1.54, 1.807) is 0 Å². The van der Waals surface area contributed by atoms with Crippen molar-refractivity contribution in [3.8, 4) is 5.75 Å². The Morgan fingerprint density at radius 1 is 1.48 bits per heavy atom. The second-order valence-corrected chi connectivity index (χ2v) is 6.55. The monoisotopic (exact) mass is 355 g/mol. The average Bonchev–Trinajstić information content (AvgIpc) is 2.65. The van der Waals surface area contributed by atoms with Crippen LogP contribution >= 0.6 is 15.9 Å². The van der Waals surface area contributed by atoms with Crippen LogP contribution in [0.3, 0.4) is 0 Å². The molecule has 1 aromatic rings. The normalized spacial score (nSPS) is 19.4. The van der Waals surface area contributed by atoms with Crippen LogP contribution in [-0.4, -0.2) is 25.7 Å². The zero-order valence-corrected chi connectivity index (χ0v) is 14.3. The van der Waals surface area contributed by atoms with Crippen molar-refractivity contribution in [2.75, 3.05) is 13.7 Å². The highest BCUT2D eigenvalue weighted by molar-refractivity contribution is 9.10. The van der Waals surface area contributed by atoms with Crippen LogP contribution in [0, 0.1) is 5.92 Å². The summed E-state index contributed by atoms with van der Waals surface area (Å²) in [6.45, 7) is 4.74. The summed E-state index contributed by atoms with van der Waals surface area (Å²) >= 11 is 3.47. The highest BCUT2D eigenvalue weighted by Crippen LogP contribution is 2.34. The fourth-order valence-electron chi connectivity index (χ4n) is 2.60. The SMILES string of the molecule is COC(=O)[C@@H](NC1CCCOc2cc(Br)ccc21)C(C)C. The number of hydrogen-bond donors (Lipinski definition) is 1. The molecule has 2 atom stereocenters. The lowest BCUT2D eigenvalue weighted by Crippen LogP contribution is -2.43. The van der Waals surface area contributed by atoms with E-state index >= 15 is 0 Å². The van der Waals surface area contributed by atoms with Gasteiger partial charge in [0.05, 0.1) is 13.7 Å². The maximum atomic E-state index is 12.0. The fourth-order valence-corrected chi connectivity index (χ4v) is 2.94. The third kappa shape index (κ3) is 3.98. The number of halogens is 1. The first-order valence-electron chi connectivity index (χ1n) is 7.29. The van der Waals surface area contributed by atoms with Gasteiger partial charge in [-0.05, 0) is 30.9 Å². The first-order valence-corrected chi connectivity index (χ1v) is 8.08. The summed E-state index contributed by atoms with van der Waals surface area (Å²) in [5.74, 6) is 0.834. The molecule has 1 aliphatic heterocycles. The van der Waals surface area contributed by atoms with Crippen molar-refractivity contribution in [2.45, 2.75) is 38.8 Å². The summed E-state index contributed by atoms with van der Waals surface area (Å²) in [4.78, 5) is 12.0. The fraction of sp³-hybridized carbons (Fsp3) is 0.562. The number of methoxy groups -OCH3 is 1. The number of ether oxygens (including phenoxy) is 2. The Morgan fingerprint density at radius 3 is 2.90 bits per heavy atom. The van der Waals surface area contributed by atoms with Crippen molar-refractivity contribution in [2.24, 2.45) is 5.92 Å². The van der Waals surface area contributed by atoms with Gasteiger partial charge in [-0.2, -0.15) is 0 Å². The molecule has 0 saturated heterocycles. The van der Waals surface area contributed by atoms with E-state index in [1.807, 2.05) is 26.0 Å². The molecule has 0 radical (unpaired) electrons. The minimum absolute atomic E-state index is 0.0992. The van der Waals surface area contributed by atoms with E-state index in [2.05, 4.69) is 27.3 Å². The number of benzene rings is 1. The molecule has 0 spiro atoms. The number of nitrogens with one attached hydrogen (secondary N) is 1. The molecule has 0 aromatic heterocycles. The minimum atomic E-state index is -0.311. The third-order valence-electron chi connectivity index (χ3n) is 3.75. The number of fused-ring (bicyclic) bond motifs is 1. The lowest BCUT2D eigenvalue weighted by molar-refractivity contribution is -0.144. The van der Waals surface area contributed by atoms with Crippen LogP contribution in [0.5, 0.6) is 5.75 Å². The Hall–Kier alpha value is -1.07. The van der Waals surface area contributed by atoms with Crippen LogP contribution in [0.4, 0.5) is 0 Å². The van der Waals surface area contributed by atoms with Crippen molar-refractivity contribution in [1.82, 2.24) is 5.32 Å². The molecule has 2 rings (SSSR count). The van der Waals surface area contributed by atoms with Gasteiger partial charge in [0.15, 0.2) is 0 Å². The molecule has 0 amide bonds. The molecule has 1 aromatic carbocycles. The van der Waals surface area contributed by atoms with Gasteiger partial charge >= 0.3 is 5.97 Å². The number of esters is 1. The van der Waals surface area contributed by atoms with Gasteiger partial charge in [-0.15, -0.1) is 0 Å². The highest BCUT2D eigenvalue weighted by atomic mass is 79.9. The van der Waals surface area contributed by atoms with Crippen molar-refractivity contribution in [3.05, 3.63) is 28.2 Å². The predicted octanol–water partition coefficient (Wildman–Crippen LogP) is 3.45. The second kappa shape index (κ2) is 7.27. The molecular formula is C16H22BrNO3. The smallest absolute Gasteiger partial charge is 0.323 e. The van der Waals surface area contributed by atoms with E-state index in [0.717, 1.165) is 28.6 Å².